The first-order chi connectivity index (χ1) is 5.11. The van der Waals surface area contributed by atoms with E-state index in [1.807, 2.05) is 13.8 Å². The fraction of sp³-hybridized carbons (Fsp3) is 0.778. The van der Waals surface area contributed by atoms with Crippen molar-refractivity contribution >= 4 is 5.78 Å². The third-order valence-electron chi connectivity index (χ3n) is 2.00. The predicted octanol–water partition coefficient (Wildman–Crippen LogP) is 2.15. The van der Waals surface area contributed by atoms with Crippen molar-refractivity contribution in [3.8, 4) is 6.07 Å². The molecule has 0 aromatic heterocycles. The monoisotopic (exact) mass is 153 g/mol. The summed E-state index contributed by atoms with van der Waals surface area (Å²) in [5.41, 5.74) is 0. The van der Waals surface area contributed by atoms with E-state index in [-0.39, 0.29) is 11.7 Å². The second kappa shape index (κ2) is 4.90. The summed E-state index contributed by atoms with van der Waals surface area (Å²) in [4.78, 5) is 10.7. The highest BCUT2D eigenvalue weighted by Crippen LogP contribution is 2.17. The number of nitrogens with zero attached hydrogens (tertiary/aromatic N) is 1. The van der Waals surface area contributed by atoms with E-state index in [9.17, 15) is 4.79 Å². The van der Waals surface area contributed by atoms with Crippen molar-refractivity contribution in [3.05, 3.63) is 0 Å². The van der Waals surface area contributed by atoms with E-state index in [4.69, 9.17) is 5.26 Å². The lowest BCUT2D eigenvalue weighted by Crippen LogP contribution is -2.12. The molecule has 2 atom stereocenters. The standard InChI is InChI=1S/C9H15NO/c1-4-7(2)9(6-10)5-8(3)11/h7,9H,4-5H2,1-3H3. The van der Waals surface area contributed by atoms with Crippen LogP contribution in [0.25, 0.3) is 0 Å². The average Bonchev–Trinajstić information content (AvgIpc) is 1.98. The smallest absolute Gasteiger partial charge is 0.131 e. The van der Waals surface area contributed by atoms with Crippen molar-refractivity contribution in [1.82, 2.24) is 0 Å². The number of hydrogen-bond donors (Lipinski definition) is 0. The van der Waals surface area contributed by atoms with Gasteiger partial charge in [-0.1, -0.05) is 20.3 Å². The highest BCUT2D eigenvalue weighted by molar-refractivity contribution is 5.76. The number of ketones is 1. The molecule has 0 aromatic rings. The molecule has 0 saturated heterocycles. The lowest BCUT2D eigenvalue weighted by Gasteiger charge is -2.13. The lowest BCUT2D eigenvalue weighted by atomic mass is 9.89. The van der Waals surface area contributed by atoms with Gasteiger partial charge in [0.2, 0.25) is 0 Å². The van der Waals surface area contributed by atoms with Gasteiger partial charge < -0.3 is 0 Å². The third-order valence-corrected chi connectivity index (χ3v) is 2.00. The van der Waals surface area contributed by atoms with Gasteiger partial charge >= 0.3 is 0 Å². The van der Waals surface area contributed by atoms with Gasteiger partial charge in [-0.2, -0.15) is 5.26 Å². The van der Waals surface area contributed by atoms with Crippen molar-refractivity contribution in [2.24, 2.45) is 11.8 Å². The van der Waals surface area contributed by atoms with E-state index in [1.165, 1.54) is 6.92 Å². The quantitative estimate of drug-likeness (QED) is 0.621. The van der Waals surface area contributed by atoms with Crippen molar-refractivity contribution in [2.75, 3.05) is 0 Å². The molecule has 0 N–H and O–H groups in total. The first-order valence-electron chi connectivity index (χ1n) is 4.00. The highest BCUT2D eigenvalue weighted by atomic mass is 16.1. The second-order valence-corrected chi connectivity index (χ2v) is 3.03. The fourth-order valence-electron chi connectivity index (χ4n) is 0.968. The molecule has 0 amide bonds. The summed E-state index contributed by atoms with van der Waals surface area (Å²) >= 11 is 0. The normalized spacial score (nSPS) is 15.1. The summed E-state index contributed by atoms with van der Waals surface area (Å²) in [5, 5.41) is 8.67. The van der Waals surface area contributed by atoms with Crippen LogP contribution in [-0.2, 0) is 4.79 Å². The Morgan fingerprint density at radius 3 is 2.45 bits per heavy atom. The molecule has 0 aliphatic heterocycles. The van der Waals surface area contributed by atoms with Gasteiger partial charge in [0.1, 0.15) is 5.78 Å². The molecule has 0 spiro atoms. The van der Waals surface area contributed by atoms with Crippen LogP contribution in [-0.4, -0.2) is 5.78 Å². The Morgan fingerprint density at radius 2 is 2.18 bits per heavy atom. The van der Waals surface area contributed by atoms with E-state index < -0.39 is 0 Å². The van der Waals surface area contributed by atoms with Gasteiger partial charge in [-0.3, -0.25) is 4.79 Å². The van der Waals surface area contributed by atoms with Crippen molar-refractivity contribution in [3.63, 3.8) is 0 Å². The number of carbonyl (C=O) groups is 1. The molecule has 0 fully saturated rings. The summed E-state index contributed by atoms with van der Waals surface area (Å²) in [5.74, 6) is 0.359. The molecule has 0 rings (SSSR count). The Hall–Kier alpha value is -0.840. The zero-order valence-corrected chi connectivity index (χ0v) is 7.42. The Labute approximate surface area is 68.2 Å². The summed E-state index contributed by atoms with van der Waals surface area (Å²) in [7, 11) is 0. The Bertz CT molecular complexity index is 169. The van der Waals surface area contributed by atoms with Gasteiger partial charge in [-0.15, -0.1) is 0 Å². The number of rotatable bonds is 4. The average molecular weight is 153 g/mol. The molecule has 0 aliphatic rings. The lowest BCUT2D eigenvalue weighted by molar-refractivity contribution is -0.117. The Kier molecular flexibility index (Phi) is 4.52. The maximum Gasteiger partial charge on any atom is 0.131 e. The topological polar surface area (TPSA) is 40.9 Å². The first kappa shape index (κ1) is 10.2. The van der Waals surface area contributed by atoms with Crippen LogP contribution in [0.2, 0.25) is 0 Å². The second-order valence-electron chi connectivity index (χ2n) is 3.03. The Balaban J connectivity index is 3.97. The minimum atomic E-state index is -0.0856. The molecule has 0 aromatic carbocycles. The van der Waals surface area contributed by atoms with Gasteiger partial charge in [0.15, 0.2) is 0 Å². The summed E-state index contributed by atoms with van der Waals surface area (Å²) in [6.07, 6.45) is 1.37. The van der Waals surface area contributed by atoms with Crippen molar-refractivity contribution < 1.29 is 4.79 Å². The van der Waals surface area contributed by atoms with Gasteiger partial charge in [0.05, 0.1) is 12.0 Å². The number of hydrogen-bond acceptors (Lipinski definition) is 2. The van der Waals surface area contributed by atoms with Crippen LogP contribution in [0.5, 0.6) is 0 Å². The minimum absolute atomic E-state index is 0.0856. The maximum atomic E-state index is 10.7. The zero-order chi connectivity index (χ0) is 8.85. The molecule has 11 heavy (non-hydrogen) atoms. The van der Waals surface area contributed by atoms with Crippen LogP contribution < -0.4 is 0 Å². The molecule has 0 heterocycles. The van der Waals surface area contributed by atoms with Crippen LogP contribution >= 0.6 is 0 Å². The zero-order valence-electron chi connectivity index (χ0n) is 7.42. The highest BCUT2D eigenvalue weighted by Gasteiger charge is 2.16. The van der Waals surface area contributed by atoms with Crippen molar-refractivity contribution in [1.29, 1.82) is 5.26 Å². The van der Waals surface area contributed by atoms with E-state index in [2.05, 4.69) is 6.07 Å². The molecule has 0 saturated carbocycles. The summed E-state index contributed by atoms with van der Waals surface area (Å²) in [6.45, 7) is 5.58. The molecule has 62 valence electrons. The molecule has 2 heteroatoms. The Morgan fingerprint density at radius 1 is 1.64 bits per heavy atom. The number of carbonyl (C=O) groups excluding carboxylic acids is 1. The van der Waals surface area contributed by atoms with Gasteiger partial charge in [0.25, 0.3) is 0 Å². The largest absolute Gasteiger partial charge is 0.300 e. The molecule has 0 bridgehead atoms. The maximum absolute atomic E-state index is 10.7. The van der Waals surface area contributed by atoms with E-state index in [1.54, 1.807) is 0 Å². The summed E-state index contributed by atoms with van der Waals surface area (Å²) < 4.78 is 0. The van der Waals surface area contributed by atoms with E-state index in [0.717, 1.165) is 6.42 Å². The number of nitriles is 1. The molecule has 2 nitrogen and oxygen atoms in total. The van der Waals surface area contributed by atoms with E-state index >= 15 is 0 Å². The van der Waals surface area contributed by atoms with Gasteiger partial charge in [-0.25, -0.2) is 0 Å². The fourth-order valence-corrected chi connectivity index (χ4v) is 0.968. The third kappa shape index (κ3) is 3.77. The number of Topliss-reactive ketones (excluding diaryl/α,β-unsaturated/α-hetero) is 1. The minimum Gasteiger partial charge on any atom is -0.300 e. The first-order valence-corrected chi connectivity index (χ1v) is 4.00. The molecular formula is C9H15NO. The predicted molar refractivity (Wildman–Crippen MR) is 43.9 cm³/mol. The van der Waals surface area contributed by atoms with Crippen LogP contribution in [0.1, 0.15) is 33.6 Å². The summed E-state index contributed by atoms with van der Waals surface area (Å²) in [6, 6.07) is 2.16. The van der Waals surface area contributed by atoms with Gasteiger partial charge in [-0.05, 0) is 12.8 Å². The van der Waals surface area contributed by atoms with Crippen LogP contribution in [0.3, 0.4) is 0 Å². The van der Waals surface area contributed by atoms with Crippen LogP contribution in [0.4, 0.5) is 0 Å². The SMILES string of the molecule is CCC(C)C(C#N)CC(C)=O. The van der Waals surface area contributed by atoms with Crippen LogP contribution in [0, 0.1) is 23.2 Å². The molecule has 0 radical (unpaired) electrons. The molecular weight excluding hydrogens is 138 g/mol. The van der Waals surface area contributed by atoms with Crippen molar-refractivity contribution in [2.45, 2.75) is 33.6 Å². The van der Waals surface area contributed by atoms with E-state index in [0.29, 0.717) is 12.3 Å². The van der Waals surface area contributed by atoms with Gasteiger partial charge in [0, 0.05) is 6.42 Å². The molecule has 2 unspecified atom stereocenters. The molecule has 0 aliphatic carbocycles. The van der Waals surface area contributed by atoms with Crippen LogP contribution in [0.15, 0.2) is 0 Å².